The number of aliphatic imine (C=N–C) groups is 1. The smallest absolute Gasteiger partial charge is 0.190 e. The lowest BCUT2D eigenvalue weighted by molar-refractivity contribution is 0.143. The number of guanidine groups is 1. The van der Waals surface area contributed by atoms with Crippen molar-refractivity contribution in [2.24, 2.45) is 10.4 Å². The van der Waals surface area contributed by atoms with E-state index in [0.717, 1.165) is 45.1 Å². The van der Waals surface area contributed by atoms with Crippen molar-refractivity contribution < 1.29 is 4.74 Å². The SMILES string of the molecule is CCOCCCCNC(=NC)NCC1(C)CCCC1.I. The molecule has 1 aliphatic carbocycles. The minimum atomic E-state index is 0. The Kier molecular flexibility index (Phi) is 11.6. The average Bonchev–Trinajstić information content (AvgIpc) is 2.84. The van der Waals surface area contributed by atoms with Crippen LogP contribution < -0.4 is 10.6 Å². The molecular weight excluding hydrogens is 365 g/mol. The predicted octanol–water partition coefficient (Wildman–Crippen LogP) is 3.17. The van der Waals surface area contributed by atoms with E-state index in [1.165, 1.54) is 25.7 Å². The summed E-state index contributed by atoms with van der Waals surface area (Å²) in [5.74, 6) is 0.935. The fraction of sp³-hybridized carbons (Fsp3) is 0.933. The zero-order chi connectivity index (χ0) is 14.0. The first-order chi connectivity index (χ1) is 9.20. The third kappa shape index (κ3) is 8.29. The van der Waals surface area contributed by atoms with E-state index >= 15 is 0 Å². The number of nitrogens with one attached hydrogen (secondary N) is 2. The summed E-state index contributed by atoms with van der Waals surface area (Å²) in [5.41, 5.74) is 0.465. The lowest BCUT2D eigenvalue weighted by Gasteiger charge is -2.25. The molecule has 0 amide bonds. The van der Waals surface area contributed by atoms with Gasteiger partial charge in [0, 0.05) is 33.4 Å². The van der Waals surface area contributed by atoms with Gasteiger partial charge >= 0.3 is 0 Å². The van der Waals surface area contributed by atoms with Crippen molar-refractivity contribution in [3.05, 3.63) is 0 Å². The van der Waals surface area contributed by atoms with E-state index in [1.54, 1.807) is 0 Å². The number of hydrogen-bond acceptors (Lipinski definition) is 2. The minimum Gasteiger partial charge on any atom is -0.382 e. The van der Waals surface area contributed by atoms with E-state index in [2.05, 4.69) is 22.5 Å². The first kappa shape index (κ1) is 20.0. The molecule has 5 heteroatoms. The van der Waals surface area contributed by atoms with E-state index < -0.39 is 0 Å². The molecule has 0 radical (unpaired) electrons. The molecule has 0 saturated heterocycles. The highest BCUT2D eigenvalue weighted by Crippen LogP contribution is 2.36. The Hall–Kier alpha value is -0.0400. The maximum Gasteiger partial charge on any atom is 0.190 e. The molecule has 1 aliphatic rings. The van der Waals surface area contributed by atoms with Crippen LogP contribution in [-0.4, -0.2) is 39.3 Å². The summed E-state index contributed by atoms with van der Waals surface area (Å²) in [5, 5.41) is 6.83. The van der Waals surface area contributed by atoms with Gasteiger partial charge in [-0.2, -0.15) is 0 Å². The molecule has 1 saturated carbocycles. The molecule has 120 valence electrons. The lowest BCUT2D eigenvalue weighted by Crippen LogP contribution is -2.42. The van der Waals surface area contributed by atoms with Crippen LogP contribution in [0.4, 0.5) is 0 Å². The van der Waals surface area contributed by atoms with Crippen molar-refractivity contribution in [2.45, 2.75) is 52.4 Å². The van der Waals surface area contributed by atoms with Crippen LogP contribution in [0.2, 0.25) is 0 Å². The summed E-state index contributed by atoms with van der Waals surface area (Å²) in [6.45, 7) is 8.09. The molecule has 0 atom stereocenters. The number of unbranched alkanes of at least 4 members (excludes halogenated alkanes) is 1. The standard InChI is InChI=1S/C15H31N3O.HI/c1-4-19-12-8-7-11-17-14(16-3)18-13-15(2)9-5-6-10-15;/h4-13H2,1-3H3,(H2,16,17,18);1H. The second kappa shape index (κ2) is 11.6. The summed E-state index contributed by atoms with van der Waals surface area (Å²) in [6.07, 6.45) is 7.66. The van der Waals surface area contributed by atoms with Gasteiger partial charge in [0.2, 0.25) is 0 Å². The summed E-state index contributed by atoms with van der Waals surface area (Å²) >= 11 is 0. The van der Waals surface area contributed by atoms with E-state index in [9.17, 15) is 0 Å². The Balaban J connectivity index is 0.00000361. The monoisotopic (exact) mass is 397 g/mol. The zero-order valence-corrected chi connectivity index (χ0v) is 15.7. The van der Waals surface area contributed by atoms with Crippen LogP contribution in [0.1, 0.15) is 52.4 Å². The van der Waals surface area contributed by atoms with Gasteiger partial charge in [0.1, 0.15) is 0 Å². The van der Waals surface area contributed by atoms with E-state index in [0.29, 0.717) is 5.41 Å². The molecule has 0 aromatic carbocycles. The highest BCUT2D eigenvalue weighted by atomic mass is 127. The van der Waals surface area contributed by atoms with Crippen LogP contribution in [0.15, 0.2) is 4.99 Å². The Labute approximate surface area is 141 Å². The molecular formula is C15H32IN3O. The summed E-state index contributed by atoms with van der Waals surface area (Å²) in [7, 11) is 1.84. The zero-order valence-electron chi connectivity index (χ0n) is 13.3. The Morgan fingerprint density at radius 3 is 2.50 bits per heavy atom. The Morgan fingerprint density at radius 2 is 1.90 bits per heavy atom. The topological polar surface area (TPSA) is 45.6 Å². The summed E-state index contributed by atoms with van der Waals surface area (Å²) in [4.78, 5) is 4.28. The van der Waals surface area contributed by atoms with Gasteiger partial charge in [0.15, 0.2) is 5.96 Å². The van der Waals surface area contributed by atoms with E-state index in [1.807, 2.05) is 14.0 Å². The first-order valence-electron chi connectivity index (χ1n) is 7.72. The van der Waals surface area contributed by atoms with Crippen molar-refractivity contribution in [1.29, 1.82) is 0 Å². The molecule has 2 N–H and O–H groups in total. The quantitative estimate of drug-likeness (QED) is 0.286. The third-order valence-corrected chi connectivity index (χ3v) is 3.93. The lowest BCUT2D eigenvalue weighted by atomic mass is 9.89. The number of rotatable bonds is 8. The maximum absolute atomic E-state index is 5.32. The predicted molar refractivity (Wildman–Crippen MR) is 97.1 cm³/mol. The average molecular weight is 397 g/mol. The summed E-state index contributed by atoms with van der Waals surface area (Å²) in [6, 6.07) is 0. The van der Waals surface area contributed by atoms with Crippen LogP contribution in [0.5, 0.6) is 0 Å². The van der Waals surface area contributed by atoms with E-state index in [-0.39, 0.29) is 24.0 Å². The normalized spacial score (nSPS) is 17.6. The number of nitrogens with zero attached hydrogens (tertiary/aromatic N) is 1. The molecule has 1 rings (SSSR count). The van der Waals surface area contributed by atoms with Gasteiger partial charge in [0.05, 0.1) is 0 Å². The van der Waals surface area contributed by atoms with Crippen LogP contribution >= 0.6 is 24.0 Å². The first-order valence-corrected chi connectivity index (χ1v) is 7.72. The van der Waals surface area contributed by atoms with Gasteiger partial charge < -0.3 is 15.4 Å². The molecule has 0 aromatic rings. The van der Waals surface area contributed by atoms with Gasteiger partial charge in [-0.1, -0.05) is 19.8 Å². The van der Waals surface area contributed by atoms with Crippen molar-refractivity contribution >= 4 is 29.9 Å². The van der Waals surface area contributed by atoms with Crippen molar-refractivity contribution in [2.75, 3.05) is 33.4 Å². The van der Waals surface area contributed by atoms with Crippen LogP contribution in [0.25, 0.3) is 0 Å². The van der Waals surface area contributed by atoms with Gasteiger partial charge in [0.25, 0.3) is 0 Å². The second-order valence-corrected chi connectivity index (χ2v) is 5.77. The molecule has 4 nitrogen and oxygen atoms in total. The van der Waals surface area contributed by atoms with Crippen LogP contribution in [0.3, 0.4) is 0 Å². The third-order valence-electron chi connectivity index (χ3n) is 3.93. The summed E-state index contributed by atoms with van der Waals surface area (Å²) < 4.78 is 5.32. The van der Waals surface area contributed by atoms with E-state index in [4.69, 9.17) is 4.74 Å². The van der Waals surface area contributed by atoms with Crippen molar-refractivity contribution in [3.8, 4) is 0 Å². The highest BCUT2D eigenvalue weighted by molar-refractivity contribution is 14.0. The molecule has 0 bridgehead atoms. The van der Waals surface area contributed by atoms with Gasteiger partial charge in [-0.3, -0.25) is 4.99 Å². The Bertz CT molecular complexity index is 266. The number of halogens is 1. The minimum absolute atomic E-state index is 0. The van der Waals surface area contributed by atoms with Crippen molar-refractivity contribution in [3.63, 3.8) is 0 Å². The van der Waals surface area contributed by atoms with Crippen molar-refractivity contribution in [1.82, 2.24) is 10.6 Å². The van der Waals surface area contributed by atoms with Crippen LogP contribution in [-0.2, 0) is 4.74 Å². The maximum atomic E-state index is 5.32. The largest absolute Gasteiger partial charge is 0.382 e. The van der Waals surface area contributed by atoms with Gasteiger partial charge in [-0.05, 0) is 38.0 Å². The number of ether oxygens (including phenoxy) is 1. The van der Waals surface area contributed by atoms with Crippen LogP contribution in [0, 0.1) is 5.41 Å². The molecule has 0 spiro atoms. The fourth-order valence-electron chi connectivity index (χ4n) is 2.60. The number of hydrogen-bond donors (Lipinski definition) is 2. The van der Waals surface area contributed by atoms with Gasteiger partial charge in [-0.25, -0.2) is 0 Å². The molecule has 0 heterocycles. The molecule has 0 aromatic heterocycles. The van der Waals surface area contributed by atoms with Gasteiger partial charge in [-0.15, -0.1) is 24.0 Å². The molecule has 0 aliphatic heterocycles. The second-order valence-electron chi connectivity index (χ2n) is 5.77. The fourth-order valence-corrected chi connectivity index (χ4v) is 2.60. The molecule has 0 unspecified atom stereocenters. The molecule has 20 heavy (non-hydrogen) atoms. The highest BCUT2D eigenvalue weighted by Gasteiger charge is 2.28. The molecule has 1 fully saturated rings. The Morgan fingerprint density at radius 1 is 1.20 bits per heavy atom.